The summed E-state index contributed by atoms with van der Waals surface area (Å²) >= 11 is 2.08. The summed E-state index contributed by atoms with van der Waals surface area (Å²) in [6.07, 6.45) is 3.76. The molecule has 1 fully saturated rings. The van der Waals surface area contributed by atoms with Gasteiger partial charge in [-0.15, -0.1) is 0 Å². The van der Waals surface area contributed by atoms with E-state index in [-0.39, 0.29) is 26.1 Å². The maximum absolute atomic E-state index is 15.5. The van der Waals surface area contributed by atoms with Crippen LogP contribution in [0.1, 0.15) is 47.8 Å². The molecule has 0 bridgehead atoms. The second kappa shape index (κ2) is 13.1. The second-order valence-corrected chi connectivity index (χ2v) is 12.0. The van der Waals surface area contributed by atoms with Gasteiger partial charge in [0.05, 0.1) is 29.6 Å². The van der Waals surface area contributed by atoms with Gasteiger partial charge < -0.3 is 10.4 Å². The zero-order valence-corrected chi connectivity index (χ0v) is 23.6. The SMILES string of the molecule is O=C(NOCC1CC1)c1cc(S(=O)(=O)NC(CCCO)c2ccccn2)c(F)c(F)c1Nc1ccc(I)cc1. The average Bonchev–Trinajstić information content (AvgIpc) is 3.75. The van der Waals surface area contributed by atoms with Crippen molar-refractivity contribution < 1.29 is 31.9 Å². The number of aromatic nitrogens is 1. The fraction of sp³-hybridized carbons (Fsp3) is 0.308. The largest absolute Gasteiger partial charge is 0.396 e. The Kier molecular flexibility index (Phi) is 9.82. The summed E-state index contributed by atoms with van der Waals surface area (Å²) in [4.78, 5) is 21.3. The van der Waals surface area contributed by atoms with Gasteiger partial charge in [-0.25, -0.2) is 27.4 Å². The molecule has 1 heterocycles. The van der Waals surface area contributed by atoms with Crippen LogP contribution in [-0.4, -0.2) is 37.6 Å². The molecule has 1 unspecified atom stereocenters. The first-order valence-electron chi connectivity index (χ1n) is 12.2. The van der Waals surface area contributed by atoms with Crippen LogP contribution < -0.4 is 15.5 Å². The van der Waals surface area contributed by atoms with E-state index >= 15 is 8.78 Å². The molecule has 13 heteroatoms. The molecule has 3 aromatic rings. The monoisotopic (exact) mass is 672 g/mol. The van der Waals surface area contributed by atoms with E-state index in [1.54, 1.807) is 42.5 Å². The molecule has 1 aliphatic rings. The predicted molar refractivity (Wildman–Crippen MR) is 149 cm³/mol. The van der Waals surface area contributed by atoms with Crippen molar-refractivity contribution in [3.05, 3.63) is 81.2 Å². The van der Waals surface area contributed by atoms with Crippen LogP contribution in [0.4, 0.5) is 20.2 Å². The molecule has 208 valence electrons. The third-order valence-electron chi connectivity index (χ3n) is 5.99. The summed E-state index contributed by atoms with van der Waals surface area (Å²) in [5.74, 6) is -3.84. The minimum Gasteiger partial charge on any atom is -0.396 e. The number of carbonyl (C=O) groups excluding carboxylic acids is 1. The van der Waals surface area contributed by atoms with Crippen LogP contribution in [0.15, 0.2) is 59.6 Å². The summed E-state index contributed by atoms with van der Waals surface area (Å²) in [5, 5.41) is 11.9. The first-order chi connectivity index (χ1) is 18.7. The second-order valence-electron chi connectivity index (χ2n) is 9.04. The first kappa shape index (κ1) is 29.3. The van der Waals surface area contributed by atoms with Crippen molar-refractivity contribution in [3.8, 4) is 0 Å². The molecule has 0 spiro atoms. The highest BCUT2D eigenvalue weighted by molar-refractivity contribution is 14.1. The average molecular weight is 672 g/mol. The molecule has 1 saturated carbocycles. The number of nitrogens with one attached hydrogen (secondary N) is 3. The number of amides is 1. The van der Waals surface area contributed by atoms with E-state index in [1.165, 1.54) is 6.20 Å². The lowest BCUT2D eigenvalue weighted by Crippen LogP contribution is -2.31. The van der Waals surface area contributed by atoms with Gasteiger partial charge in [-0.05, 0) is 96.7 Å². The number of anilines is 2. The summed E-state index contributed by atoms with van der Waals surface area (Å²) in [6.45, 7) is 0.0384. The number of sulfonamides is 1. The van der Waals surface area contributed by atoms with Crippen LogP contribution in [0.25, 0.3) is 0 Å². The van der Waals surface area contributed by atoms with Crippen LogP contribution in [0, 0.1) is 21.1 Å². The lowest BCUT2D eigenvalue weighted by Gasteiger charge is -2.20. The van der Waals surface area contributed by atoms with E-state index in [4.69, 9.17) is 4.84 Å². The Morgan fingerprint density at radius 1 is 1.15 bits per heavy atom. The Balaban J connectivity index is 1.71. The minimum atomic E-state index is -4.70. The zero-order valence-electron chi connectivity index (χ0n) is 20.7. The lowest BCUT2D eigenvalue weighted by atomic mass is 10.1. The van der Waals surface area contributed by atoms with Gasteiger partial charge in [0.25, 0.3) is 5.91 Å². The Bertz CT molecular complexity index is 1410. The topological polar surface area (TPSA) is 130 Å². The van der Waals surface area contributed by atoms with Crippen LogP contribution in [0.2, 0.25) is 0 Å². The van der Waals surface area contributed by atoms with Crippen molar-refractivity contribution in [1.82, 2.24) is 15.2 Å². The maximum atomic E-state index is 15.5. The number of halogens is 3. The molecular weight excluding hydrogens is 645 g/mol. The maximum Gasteiger partial charge on any atom is 0.277 e. The summed E-state index contributed by atoms with van der Waals surface area (Å²) in [7, 11) is -4.70. The number of aliphatic hydroxyl groups excluding tert-OH is 1. The number of hydroxylamine groups is 1. The first-order valence-corrected chi connectivity index (χ1v) is 14.8. The van der Waals surface area contributed by atoms with Crippen molar-refractivity contribution in [1.29, 1.82) is 0 Å². The Labute approximate surface area is 238 Å². The summed E-state index contributed by atoms with van der Waals surface area (Å²) < 4.78 is 60.8. The van der Waals surface area contributed by atoms with E-state index in [0.717, 1.165) is 22.5 Å². The normalized spacial score (nSPS) is 14.2. The Hall–Kier alpha value is -2.72. The smallest absolute Gasteiger partial charge is 0.277 e. The number of pyridine rings is 1. The van der Waals surface area contributed by atoms with Crippen molar-refractivity contribution in [2.45, 2.75) is 36.6 Å². The van der Waals surface area contributed by atoms with Crippen molar-refractivity contribution >= 4 is 49.9 Å². The van der Waals surface area contributed by atoms with E-state index in [9.17, 15) is 18.3 Å². The Morgan fingerprint density at radius 2 is 1.90 bits per heavy atom. The van der Waals surface area contributed by atoms with E-state index in [0.29, 0.717) is 17.3 Å². The standard InChI is InChI=1S/C26H27F2IN4O5S/c27-23-22(39(36,37)33-21(5-3-13-34)20-4-1-2-12-30-20)14-19(26(35)32-38-15-16-6-7-16)25(24(23)28)31-18-10-8-17(29)9-11-18/h1-2,4,8-12,14,16,21,31,33-34H,3,5-7,13,15H2,(H,32,35). The molecule has 9 nitrogen and oxygen atoms in total. The highest BCUT2D eigenvalue weighted by atomic mass is 127. The number of aliphatic hydroxyl groups is 1. The number of rotatable bonds is 13. The van der Waals surface area contributed by atoms with Crippen LogP contribution >= 0.6 is 22.6 Å². The predicted octanol–water partition coefficient (Wildman–Crippen LogP) is 4.57. The molecule has 1 amide bonds. The van der Waals surface area contributed by atoms with Crippen LogP contribution in [-0.2, 0) is 14.9 Å². The lowest BCUT2D eigenvalue weighted by molar-refractivity contribution is 0.0270. The number of hydrogen-bond donors (Lipinski definition) is 4. The van der Waals surface area contributed by atoms with Gasteiger partial charge in [-0.1, -0.05) is 6.07 Å². The van der Waals surface area contributed by atoms with Crippen molar-refractivity contribution in [3.63, 3.8) is 0 Å². The number of benzene rings is 2. The van der Waals surface area contributed by atoms with Crippen molar-refractivity contribution in [2.24, 2.45) is 5.92 Å². The number of hydrogen-bond acceptors (Lipinski definition) is 7. The van der Waals surface area contributed by atoms with E-state index in [2.05, 4.69) is 43.1 Å². The molecule has 1 atom stereocenters. The zero-order chi connectivity index (χ0) is 28.0. The highest BCUT2D eigenvalue weighted by Gasteiger charge is 2.32. The Morgan fingerprint density at radius 3 is 2.54 bits per heavy atom. The van der Waals surface area contributed by atoms with Gasteiger partial charge in [0.2, 0.25) is 10.0 Å². The third-order valence-corrected chi connectivity index (χ3v) is 8.19. The number of nitrogens with zero attached hydrogens (tertiary/aromatic N) is 1. The molecule has 0 radical (unpaired) electrons. The minimum absolute atomic E-state index is 0.144. The molecule has 1 aromatic heterocycles. The molecule has 0 saturated heterocycles. The van der Waals surface area contributed by atoms with Gasteiger partial charge in [-0.2, -0.15) is 0 Å². The summed E-state index contributed by atoms with van der Waals surface area (Å²) in [6, 6.07) is 11.4. The van der Waals surface area contributed by atoms with Gasteiger partial charge in [0, 0.05) is 22.1 Å². The molecular formula is C26H27F2IN4O5S. The summed E-state index contributed by atoms with van der Waals surface area (Å²) in [5.41, 5.74) is 1.89. The van der Waals surface area contributed by atoms with E-state index in [1.807, 2.05) is 0 Å². The molecule has 1 aliphatic carbocycles. The fourth-order valence-electron chi connectivity index (χ4n) is 3.74. The van der Waals surface area contributed by atoms with Gasteiger partial charge >= 0.3 is 0 Å². The van der Waals surface area contributed by atoms with Gasteiger partial charge in [0.1, 0.15) is 4.90 Å². The molecule has 4 rings (SSSR count). The third kappa shape index (κ3) is 7.69. The van der Waals surface area contributed by atoms with Gasteiger partial charge in [0.15, 0.2) is 11.6 Å². The molecule has 39 heavy (non-hydrogen) atoms. The number of carbonyl (C=O) groups is 1. The van der Waals surface area contributed by atoms with Crippen LogP contribution in [0.3, 0.4) is 0 Å². The van der Waals surface area contributed by atoms with Crippen LogP contribution in [0.5, 0.6) is 0 Å². The quantitative estimate of drug-likeness (QED) is 0.155. The van der Waals surface area contributed by atoms with Crippen molar-refractivity contribution in [2.75, 3.05) is 18.5 Å². The fourth-order valence-corrected chi connectivity index (χ4v) is 5.44. The highest BCUT2D eigenvalue weighted by Crippen LogP contribution is 2.33. The molecule has 4 N–H and O–H groups in total. The molecule has 2 aromatic carbocycles. The van der Waals surface area contributed by atoms with E-state index < -0.39 is 49.8 Å². The van der Waals surface area contributed by atoms with Gasteiger partial charge in [-0.3, -0.25) is 14.6 Å². The molecule has 0 aliphatic heterocycles.